The lowest BCUT2D eigenvalue weighted by Gasteiger charge is -2.20. The standard InChI is InChI=1S/C18H25N3O3/c1-24-15-7-5-14(6-8-15)13-19-11-4-12-21-16(22)18(20-17(21)23)9-2-3-10-18/h5-8,19H,2-4,9-13H2,1H3,(H,20,23). The van der Waals surface area contributed by atoms with E-state index in [1.54, 1.807) is 7.11 Å². The fourth-order valence-electron chi connectivity index (χ4n) is 3.53. The van der Waals surface area contributed by atoms with E-state index >= 15 is 0 Å². The van der Waals surface area contributed by atoms with Crippen molar-refractivity contribution < 1.29 is 14.3 Å². The number of hydrogen-bond acceptors (Lipinski definition) is 4. The fraction of sp³-hybridized carbons (Fsp3) is 0.556. The predicted molar refractivity (Wildman–Crippen MR) is 90.8 cm³/mol. The van der Waals surface area contributed by atoms with Crippen LogP contribution in [0.5, 0.6) is 5.75 Å². The lowest BCUT2D eigenvalue weighted by molar-refractivity contribution is -0.131. The summed E-state index contributed by atoms with van der Waals surface area (Å²) >= 11 is 0. The second-order valence-electron chi connectivity index (χ2n) is 6.55. The van der Waals surface area contributed by atoms with Gasteiger partial charge in [-0.1, -0.05) is 25.0 Å². The van der Waals surface area contributed by atoms with Gasteiger partial charge >= 0.3 is 6.03 Å². The molecule has 1 saturated carbocycles. The Morgan fingerprint density at radius 1 is 1.21 bits per heavy atom. The molecule has 1 spiro atoms. The van der Waals surface area contributed by atoms with Crippen LogP contribution >= 0.6 is 0 Å². The molecular formula is C18H25N3O3. The van der Waals surface area contributed by atoms with Gasteiger partial charge in [-0.2, -0.15) is 0 Å². The summed E-state index contributed by atoms with van der Waals surface area (Å²) in [5.74, 6) is 0.818. The molecule has 24 heavy (non-hydrogen) atoms. The number of nitrogens with one attached hydrogen (secondary N) is 2. The minimum atomic E-state index is -0.590. The van der Waals surface area contributed by atoms with Gasteiger partial charge in [0.25, 0.3) is 5.91 Å². The van der Waals surface area contributed by atoms with Crippen molar-refractivity contribution in [3.63, 3.8) is 0 Å². The maximum Gasteiger partial charge on any atom is 0.325 e. The molecule has 2 N–H and O–H groups in total. The molecule has 130 valence electrons. The number of nitrogens with zero attached hydrogens (tertiary/aromatic N) is 1. The van der Waals surface area contributed by atoms with E-state index in [1.165, 1.54) is 10.5 Å². The Morgan fingerprint density at radius 2 is 1.92 bits per heavy atom. The molecule has 1 aromatic carbocycles. The van der Waals surface area contributed by atoms with Crippen LogP contribution in [0.2, 0.25) is 0 Å². The average Bonchev–Trinajstić information content (AvgIpc) is 3.15. The highest BCUT2D eigenvalue weighted by Gasteiger charge is 2.51. The molecule has 2 fully saturated rings. The van der Waals surface area contributed by atoms with Crippen LogP contribution in [-0.4, -0.2) is 42.6 Å². The van der Waals surface area contributed by atoms with Gasteiger partial charge in [0, 0.05) is 13.1 Å². The van der Waals surface area contributed by atoms with Crippen molar-refractivity contribution in [2.24, 2.45) is 0 Å². The molecule has 1 heterocycles. The molecule has 0 atom stereocenters. The zero-order chi connectivity index (χ0) is 17.0. The minimum absolute atomic E-state index is 0.0276. The monoisotopic (exact) mass is 331 g/mol. The summed E-state index contributed by atoms with van der Waals surface area (Å²) in [4.78, 5) is 25.9. The number of carbonyl (C=O) groups excluding carboxylic acids is 2. The molecule has 6 nitrogen and oxygen atoms in total. The Labute approximate surface area is 142 Å². The Bertz CT molecular complexity index is 594. The quantitative estimate of drug-likeness (QED) is 0.592. The second kappa shape index (κ2) is 7.21. The van der Waals surface area contributed by atoms with Crippen molar-refractivity contribution in [2.45, 2.75) is 44.2 Å². The first-order valence-corrected chi connectivity index (χ1v) is 8.62. The molecule has 3 rings (SSSR count). The SMILES string of the molecule is COc1ccc(CNCCCN2C(=O)NC3(CCCC3)C2=O)cc1. The van der Waals surface area contributed by atoms with Crippen LogP contribution in [0.25, 0.3) is 0 Å². The van der Waals surface area contributed by atoms with Crippen molar-refractivity contribution in [1.82, 2.24) is 15.5 Å². The summed E-state index contributed by atoms with van der Waals surface area (Å²) in [6, 6.07) is 7.69. The smallest absolute Gasteiger partial charge is 0.325 e. The highest BCUT2D eigenvalue weighted by atomic mass is 16.5. The van der Waals surface area contributed by atoms with E-state index in [2.05, 4.69) is 10.6 Å². The fourth-order valence-corrected chi connectivity index (χ4v) is 3.53. The van der Waals surface area contributed by atoms with Gasteiger partial charge in [-0.3, -0.25) is 9.69 Å². The summed E-state index contributed by atoms with van der Waals surface area (Å²) in [5.41, 5.74) is 0.587. The van der Waals surface area contributed by atoms with Crippen LogP contribution in [0.1, 0.15) is 37.7 Å². The first kappa shape index (κ1) is 16.8. The molecule has 0 unspecified atom stereocenters. The average molecular weight is 331 g/mol. The predicted octanol–water partition coefficient (Wildman–Crippen LogP) is 2.04. The van der Waals surface area contributed by atoms with E-state index in [0.29, 0.717) is 6.54 Å². The summed E-state index contributed by atoms with van der Waals surface area (Å²) in [6.45, 7) is 1.99. The summed E-state index contributed by atoms with van der Waals surface area (Å²) in [7, 11) is 1.65. The van der Waals surface area contributed by atoms with E-state index in [4.69, 9.17) is 4.74 Å². The van der Waals surface area contributed by atoms with Crippen LogP contribution in [0.15, 0.2) is 24.3 Å². The van der Waals surface area contributed by atoms with Crippen LogP contribution in [-0.2, 0) is 11.3 Å². The van der Waals surface area contributed by atoms with Gasteiger partial charge in [0.1, 0.15) is 11.3 Å². The second-order valence-corrected chi connectivity index (χ2v) is 6.55. The number of urea groups is 1. The minimum Gasteiger partial charge on any atom is -0.497 e. The molecule has 1 aliphatic carbocycles. The topological polar surface area (TPSA) is 70.7 Å². The van der Waals surface area contributed by atoms with Gasteiger partial charge in [-0.05, 0) is 43.5 Å². The van der Waals surface area contributed by atoms with Gasteiger partial charge < -0.3 is 15.4 Å². The molecular weight excluding hydrogens is 306 g/mol. The van der Waals surface area contributed by atoms with E-state index < -0.39 is 5.54 Å². The van der Waals surface area contributed by atoms with Crippen LogP contribution in [0, 0.1) is 0 Å². The van der Waals surface area contributed by atoms with Gasteiger partial charge in [-0.15, -0.1) is 0 Å². The maximum atomic E-state index is 12.5. The molecule has 3 amide bonds. The zero-order valence-electron chi connectivity index (χ0n) is 14.1. The number of methoxy groups -OCH3 is 1. The van der Waals surface area contributed by atoms with Crippen molar-refractivity contribution in [3.8, 4) is 5.75 Å². The lowest BCUT2D eigenvalue weighted by Crippen LogP contribution is -2.44. The Hall–Kier alpha value is -2.08. The maximum absolute atomic E-state index is 12.5. The molecule has 1 aromatic rings. The first-order valence-electron chi connectivity index (χ1n) is 8.62. The Morgan fingerprint density at radius 3 is 2.58 bits per heavy atom. The third kappa shape index (κ3) is 3.38. The van der Waals surface area contributed by atoms with E-state index in [-0.39, 0.29) is 11.9 Å². The van der Waals surface area contributed by atoms with E-state index in [0.717, 1.165) is 50.9 Å². The largest absolute Gasteiger partial charge is 0.497 e. The van der Waals surface area contributed by atoms with Crippen LogP contribution in [0.3, 0.4) is 0 Å². The van der Waals surface area contributed by atoms with Gasteiger partial charge in [-0.25, -0.2) is 4.79 Å². The number of benzene rings is 1. The van der Waals surface area contributed by atoms with Crippen molar-refractivity contribution in [2.75, 3.05) is 20.2 Å². The number of rotatable bonds is 7. The molecule has 0 radical (unpaired) electrons. The molecule has 1 saturated heterocycles. The van der Waals surface area contributed by atoms with Crippen molar-refractivity contribution in [1.29, 1.82) is 0 Å². The number of ether oxygens (including phenoxy) is 1. The Balaban J connectivity index is 1.40. The van der Waals surface area contributed by atoms with E-state index in [1.807, 2.05) is 24.3 Å². The third-order valence-electron chi connectivity index (χ3n) is 4.93. The number of amides is 3. The molecule has 6 heteroatoms. The summed E-state index contributed by atoms with van der Waals surface area (Å²) in [6.07, 6.45) is 4.35. The van der Waals surface area contributed by atoms with Crippen LogP contribution < -0.4 is 15.4 Å². The Kier molecular flexibility index (Phi) is 5.04. The molecule has 0 aromatic heterocycles. The summed E-state index contributed by atoms with van der Waals surface area (Å²) < 4.78 is 5.13. The molecule has 0 bridgehead atoms. The van der Waals surface area contributed by atoms with E-state index in [9.17, 15) is 9.59 Å². The highest BCUT2D eigenvalue weighted by molar-refractivity contribution is 6.07. The highest BCUT2D eigenvalue weighted by Crippen LogP contribution is 2.34. The molecule has 2 aliphatic rings. The summed E-state index contributed by atoms with van der Waals surface area (Å²) in [5, 5.41) is 6.26. The zero-order valence-corrected chi connectivity index (χ0v) is 14.1. The lowest BCUT2D eigenvalue weighted by atomic mass is 9.98. The third-order valence-corrected chi connectivity index (χ3v) is 4.93. The van der Waals surface area contributed by atoms with Gasteiger partial charge in [0.15, 0.2) is 0 Å². The number of hydrogen-bond donors (Lipinski definition) is 2. The van der Waals surface area contributed by atoms with Gasteiger partial charge in [0.05, 0.1) is 7.11 Å². The van der Waals surface area contributed by atoms with Crippen molar-refractivity contribution >= 4 is 11.9 Å². The number of imide groups is 1. The van der Waals surface area contributed by atoms with Crippen molar-refractivity contribution in [3.05, 3.63) is 29.8 Å². The number of carbonyl (C=O) groups is 2. The molecule has 1 aliphatic heterocycles. The van der Waals surface area contributed by atoms with Crippen LogP contribution in [0.4, 0.5) is 4.79 Å². The normalized spacial score (nSPS) is 19.1. The van der Waals surface area contributed by atoms with Gasteiger partial charge in [0.2, 0.25) is 0 Å². The first-order chi connectivity index (χ1) is 11.6.